The predicted octanol–water partition coefficient (Wildman–Crippen LogP) is 2.69. The van der Waals surface area contributed by atoms with Gasteiger partial charge in [-0.25, -0.2) is 4.98 Å². The van der Waals surface area contributed by atoms with E-state index in [1.54, 1.807) is 0 Å². The molecule has 3 rings (SSSR count). The van der Waals surface area contributed by atoms with Crippen molar-refractivity contribution in [2.45, 2.75) is 5.16 Å². The third-order valence-electron chi connectivity index (χ3n) is 3.70. The molecule has 0 aliphatic rings. The first-order valence-corrected chi connectivity index (χ1v) is 8.72. The van der Waals surface area contributed by atoms with Crippen LogP contribution in [0.5, 0.6) is 0 Å². The highest BCUT2D eigenvalue weighted by atomic mass is 32.2. The summed E-state index contributed by atoms with van der Waals surface area (Å²) in [6.45, 7) is 0. The van der Waals surface area contributed by atoms with E-state index < -0.39 is 0 Å². The molecular formula is C18H17N5O2S. The van der Waals surface area contributed by atoms with Crippen LogP contribution in [0.2, 0.25) is 0 Å². The van der Waals surface area contributed by atoms with Crippen molar-refractivity contribution in [3.05, 3.63) is 54.1 Å². The van der Waals surface area contributed by atoms with Gasteiger partial charge < -0.3 is 10.5 Å². The van der Waals surface area contributed by atoms with Crippen LogP contribution in [0.15, 0.2) is 53.7 Å². The van der Waals surface area contributed by atoms with E-state index in [1.165, 1.54) is 18.9 Å². The lowest BCUT2D eigenvalue weighted by Crippen LogP contribution is -2.10. The first kappa shape index (κ1) is 17.7. The number of ether oxygens (including phenoxy) is 1. The van der Waals surface area contributed by atoms with Gasteiger partial charge in [-0.1, -0.05) is 60.3 Å². The second kappa shape index (κ2) is 7.83. The lowest BCUT2D eigenvalue weighted by atomic mass is 10.0. The van der Waals surface area contributed by atoms with Gasteiger partial charge in [0.05, 0.1) is 12.9 Å². The van der Waals surface area contributed by atoms with Crippen LogP contribution in [-0.4, -0.2) is 39.8 Å². The Kier molecular flexibility index (Phi) is 5.33. The summed E-state index contributed by atoms with van der Waals surface area (Å²) in [6, 6.07) is 15.4. The van der Waals surface area contributed by atoms with Gasteiger partial charge >= 0.3 is 5.97 Å². The second-order valence-corrected chi connectivity index (χ2v) is 6.34. The van der Waals surface area contributed by atoms with Crippen molar-refractivity contribution in [2.24, 2.45) is 5.73 Å². The van der Waals surface area contributed by atoms with E-state index in [0.717, 1.165) is 16.7 Å². The van der Waals surface area contributed by atoms with Crippen molar-refractivity contribution in [3.8, 4) is 22.5 Å². The monoisotopic (exact) mass is 367 g/mol. The van der Waals surface area contributed by atoms with Crippen molar-refractivity contribution in [1.29, 1.82) is 5.41 Å². The molecule has 132 valence electrons. The number of benzene rings is 2. The zero-order valence-corrected chi connectivity index (χ0v) is 14.8. The molecule has 26 heavy (non-hydrogen) atoms. The maximum absolute atomic E-state index is 11.2. The number of methoxy groups -OCH3 is 1. The minimum atomic E-state index is -0.318. The zero-order chi connectivity index (χ0) is 18.5. The van der Waals surface area contributed by atoms with Gasteiger partial charge in [-0.3, -0.25) is 15.3 Å². The maximum atomic E-state index is 11.2. The fourth-order valence-electron chi connectivity index (χ4n) is 2.29. The summed E-state index contributed by atoms with van der Waals surface area (Å²) < 4.78 is 4.59. The lowest BCUT2D eigenvalue weighted by Gasteiger charge is -2.04. The van der Waals surface area contributed by atoms with Crippen LogP contribution >= 0.6 is 11.8 Å². The van der Waals surface area contributed by atoms with Crippen LogP contribution in [0.1, 0.15) is 5.56 Å². The van der Waals surface area contributed by atoms with Crippen LogP contribution in [0, 0.1) is 5.41 Å². The number of carbonyl (C=O) groups excluding carboxylic acids is 1. The summed E-state index contributed by atoms with van der Waals surface area (Å²) in [5, 5.41) is 14.9. The number of hydrogen-bond donors (Lipinski definition) is 3. The predicted molar refractivity (Wildman–Crippen MR) is 101 cm³/mol. The Morgan fingerprint density at radius 2 is 1.69 bits per heavy atom. The average Bonchev–Trinajstić information content (AvgIpc) is 3.15. The molecule has 1 aromatic heterocycles. The van der Waals surface area contributed by atoms with Crippen molar-refractivity contribution in [1.82, 2.24) is 15.2 Å². The van der Waals surface area contributed by atoms with Gasteiger partial charge in [-0.05, 0) is 11.1 Å². The summed E-state index contributed by atoms with van der Waals surface area (Å²) in [6.07, 6.45) is 0. The summed E-state index contributed by atoms with van der Waals surface area (Å²) in [7, 11) is 1.35. The molecule has 0 unspecified atom stereocenters. The molecule has 0 atom stereocenters. The molecule has 0 fully saturated rings. The molecule has 0 bridgehead atoms. The van der Waals surface area contributed by atoms with E-state index in [4.69, 9.17) is 11.1 Å². The SMILES string of the molecule is COC(=O)CSc1n[nH]c(-c2ccc(-c3ccc(C(=N)N)cc3)cc2)n1. The number of carbonyl (C=O) groups is 1. The van der Waals surface area contributed by atoms with Gasteiger partial charge in [0.2, 0.25) is 5.16 Å². The number of aromatic amines is 1. The Morgan fingerprint density at radius 3 is 2.27 bits per heavy atom. The molecule has 0 spiro atoms. The largest absolute Gasteiger partial charge is 0.468 e. The molecule has 0 radical (unpaired) electrons. The Balaban J connectivity index is 1.72. The highest BCUT2D eigenvalue weighted by Crippen LogP contribution is 2.24. The maximum Gasteiger partial charge on any atom is 0.316 e. The molecule has 0 aliphatic carbocycles. The zero-order valence-electron chi connectivity index (χ0n) is 14.0. The summed E-state index contributed by atoms with van der Waals surface area (Å²) in [5.74, 6) is 0.540. The molecule has 0 saturated heterocycles. The highest BCUT2D eigenvalue weighted by Gasteiger charge is 2.09. The fourth-order valence-corrected chi connectivity index (χ4v) is 2.92. The normalized spacial score (nSPS) is 10.5. The number of aromatic nitrogens is 3. The molecule has 0 aliphatic heterocycles. The van der Waals surface area contributed by atoms with Crippen LogP contribution in [0.3, 0.4) is 0 Å². The van der Waals surface area contributed by atoms with Crippen LogP contribution in [-0.2, 0) is 9.53 Å². The Labute approximate surface area is 154 Å². The molecule has 7 nitrogen and oxygen atoms in total. The molecule has 4 N–H and O–H groups in total. The minimum Gasteiger partial charge on any atom is -0.468 e. The second-order valence-electron chi connectivity index (χ2n) is 5.40. The molecule has 0 amide bonds. The van der Waals surface area contributed by atoms with Crippen LogP contribution < -0.4 is 5.73 Å². The summed E-state index contributed by atoms with van der Waals surface area (Å²) in [4.78, 5) is 15.5. The summed E-state index contributed by atoms with van der Waals surface area (Å²) in [5.41, 5.74) is 9.15. The van der Waals surface area contributed by atoms with E-state index in [9.17, 15) is 4.79 Å². The number of hydrogen-bond acceptors (Lipinski definition) is 6. The number of rotatable bonds is 6. The van der Waals surface area contributed by atoms with Gasteiger partial charge in [0.15, 0.2) is 5.82 Å². The summed E-state index contributed by atoms with van der Waals surface area (Å²) >= 11 is 1.22. The standard InChI is InChI=1S/C18H17N5O2S/c1-25-15(24)10-26-18-21-17(22-23-18)14-8-4-12(5-9-14)11-2-6-13(7-3-11)16(19)20/h2-9H,10H2,1H3,(H3,19,20)(H,21,22,23). The van der Waals surface area contributed by atoms with Crippen molar-refractivity contribution >= 4 is 23.6 Å². The number of nitrogen functional groups attached to an aromatic ring is 1. The number of nitrogens with two attached hydrogens (primary N) is 1. The number of thioether (sulfide) groups is 1. The lowest BCUT2D eigenvalue weighted by molar-refractivity contribution is -0.137. The van der Waals surface area contributed by atoms with Crippen molar-refractivity contribution in [3.63, 3.8) is 0 Å². The minimum absolute atomic E-state index is 0.0538. The molecule has 8 heteroatoms. The first-order chi connectivity index (χ1) is 12.6. The number of H-pyrrole nitrogens is 1. The molecule has 3 aromatic rings. The topological polar surface area (TPSA) is 118 Å². The highest BCUT2D eigenvalue weighted by molar-refractivity contribution is 7.99. The van der Waals surface area contributed by atoms with E-state index in [1.807, 2.05) is 48.5 Å². The van der Waals surface area contributed by atoms with Gasteiger partial charge in [0.25, 0.3) is 0 Å². The Bertz CT molecular complexity index is 920. The Morgan fingerprint density at radius 1 is 1.12 bits per heavy atom. The quantitative estimate of drug-likeness (QED) is 0.267. The fraction of sp³-hybridized carbons (Fsp3) is 0.111. The molecule has 0 saturated carbocycles. The van der Waals surface area contributed by atoms with E-state index in [2.05, 4.69) is 19.9 Å². The molecule has 1 heterocycles. The first-order valence-electron chi connectivity index (χ1n) is 7.74. The smallest absolute Gasteiger partial charge is 0.316 e. The van der Waals surface area contributed by atoms with Crippen LogP contribution in [0.4, 0.5) is 0 Å². The van der Waals surface area contributed by atoms with Gasteiger partial charge in [0, 0.05) is 11.1 Å². The van der Waals surface area contributed by atoms with E-state index >= 15 is 0 Å². The number of amidine groups is 1. The van der Waals surface area contributed by atoms with Crippen molar-refractivity contribution < 1.29 is 9.53 Å². The van der Waals surface area contributed by atoms with E-state index in [-0.39, 0.29) is 17.6 Å². The van der Waals surface area contributed by atoms with Crippen molar-refractivity contribution in [2.75, 3.05) is 12.9 Å². The third-order valence-corrected chi connectivity index (χ3v) is 4.52. The molecule has 2 aromatic carbocycles. The van der Waals surface area contributed by atoms with Gasteiger partial charge in [0.1, 0.15) is 5.84 Å². The van der Waals surface area contributed by atoms with Gasteiger partial charge in [-0.2, -0.15) is 0 Å². The number of esters is 1. The number of nitrogens with one attached hydrogen (secondary N) is 2. The molecular weight excluding hydrogens is 350 g/mol. The average molecular weight is 367 g/mol. The van der Waals surface area contributed by atoms with E-state index in [0.29, 0.717) is 16.5 Å². The number of nitrogens with zero attached hydrogens (tertiary/aromatic N) is 2. The Hall–Kier alpha value is -3.13. The van der Waals surface area contributed by atoms with Gasteiger partial charge in [-0.15, -0.1) is 5.10 Å². The third kappa shape index (κ3) is 4.09. The van der Waals surface area contributed by atoms with Crippen LogP contribution in [0.25, 0.3) is 22.5 Å².